The number of sulfonamides is 1. The average Bonchev–Trinajstić information content (AvgIpc) is 2.79. The predicted octanol–water partition coefficient (Wildman–Crippen LogP) is 2.55. The van der Waals surface area contributed by atoms with Crippen LogP contribution in [-0.4, -0.2) is 50.8 Å². The highest BCUT2D eigenvalue weighted by molar-refractivity contribution is 7.89. The van der Waals surface area contributed by atoms with E-state index in [9.17, 15) is 18.0 Å². The topological polar surface area (TPSA) is 105 Å². The standard InChI is InChI=1S/C23H29N3O5S/c1-16-4-10-21(11-5-16)32(29,30)26-14-12-18(13-15-26)23(28)24-17(2)22(27)25-19-6-8-20(31-3)9-7-19/h4-11,17-18H,12-15H2,1-3H3,(H,24,28)(H,25,27)/t17-/m0/s1. The number of carbonyl (C=O) groups excluding carboxylic acids is 2. The minimum absolute atomic E-state index is 0.241. The van der Waals surface area contributed by atoms with E-state index in [2.05, 4.69) is 10.6 Å². The van der Waals surface area contributed by atoms with Crippen LogP contribution in [0.25, 0.3) is 0 Å². The van der Waals surface area contributed by atoms with Gasteiger partial charge < -0.3 is 15.4 Å². The van der Waals surface area contributed by atoms with E-state index >= 15 is 0 Å². The van der Waals surface area contributed by atoms with Crippen LogP contribution < -0.4 is 15.4 Å². The zero-order chi connectivity index (χ0) is 23.3. The summed E-state index contributed by atoms with van der Waals surface area (Å²) in [5.41, 5.74) is 1.59. The van der Waals surface area contributed by atoms with Crippen molar-refractivity contribution in [3.8, 4) is 5.75 Å². The largest absolute Gasteiger partial charge is 0.497 e. The van der Waals surface area contributed by atoms with E-state index in [1.807, 2.05) is 6.92 Å². The Kier molecular flexibility index (Phi) is 7.52. The Balaban J connectivity index is 1.51. The van der Waals surface area contributed by atoms with Gasteiger partial charge in [0.25, 0.3) is 0 Å². The van der Waals surface area contributed by atoms with E-state index in [-0.39, 0.29) is 35.7 Å². The number of aryl methyl sites for hydroxylation is 1. The second-order valence-corrected chi connectivity index (χ2v) is 9.88. The van der Waals surface area contributed by atoms with Crippen LogP contribution in [0.5, 0.6) is 5.75 Å². The lowest BCUT2D eigenvalue weighted by Crippen LogP contribution is -2.47. The van der Waals surface area contributed by atoms with E-state index in [1.165, 1.54) is 4.31 Å². The summed E-state index contributed by atoms with van der Waals surface area (Å²) in [6, 6.07) is 12.9. The van der Waals surface area contributed by atoms with Gasteiger partial charge in [-0.05, 0) is 63.1 Å². The lowest BCUT2D eigenvalue weighted by atomic mass is 9.97. The zero-order valence-corrected chi connectivity index (χ0v) is 19.3. The summed E-state index contributed by atoms with van der Waals surface area (Å²) in [5, 5.41) is 5.49. The molecule has 1 heterocycles. The molecule has 0 spiro atoms. The Morgan fingerprint density at radius 1 is 1.03 bits per heavy atom. The fourth-order valence-corrected chi connectivity index (χ4v) is 5.01. The molecule has 0 radical (unpaired) electrons. The molecule has 2 N–H and O–H groups in total. The summed E-state index contributed by atoms with van der Waals surface area (Å²) in [5.74, 6) is -0.228. The number of hydrogen-bond donors (Lipinski definition) is 2. The number of hydrogen-bond acceptors (Lipinski definition) is 5. The SMILES string of the molecule is COc1ccc(NC(=O)[C@H](C)NC(=O)C2CCN(S(=O)(=O)c3ccc(C)cc3)CC2)cc1. The molecule has 9 heteroatoms. The molecule has 3 rings (SSSR count). The van der Waals surface area contributed by atoms with Crippen LogP contribution in [0, 0.1) is 12.8 Å². The summed E-state index contributed by atoms with van der Waals surface area (Å²) in [7, 11) is -2.01. The molecular formula is C23H29N3O5S. The van der Waals surface area contributed by atoms with Crippen molar-refractivity contribution in [2.75, 3.05) is 25.5 Å². The lowest BCUT2D eigenvalue weighted by Gasteiger charge is -2.31. The van der Waals surface area contributed by atoms with Crippen molar-refractivity contribution in [1.82, 2.24) is 9.62 Å². The number of methoxy groups -OCH3 is 1. The molecule has 0 bridgehead atoms. The number of anilines is 1. The Morgan fingerprint density at radius 2 is 1.62 bits per heavy atom. The minimum atomic E-state index is -3.58. The van der Waals surface area contributed by atoms with Gasteiger partial charge in [0.2, 0.25) is 21.8 Å². The van der Waals surface area contributed by atoms with Gasteiger partial charge in [0, 0.05) is 24.7 Å². The number of ether oxygens (including phenoxy) is 1. The molecule has 172 valence electrons. The van der Waals surface area contributed by atoms with E-state index in [0.29, 0.717) is 24.3 Å². The number of benzene rings is 2. The third-order valence-corrected chi connectivity index (χ3v) is 7.51. The number of carbonyl (C=O) groups is 2. The maximum Gasteiger partial charge on any atom is 0.246 e. The van der Waals surface area contributed by atoms with Crippen LogP contribution in [0.2, 0.25) is 0 Å². The van der Waals surface area contributed by atoms with E-state index < -0.39 is 16.1 Å². The van der Waals surface area contributed by atoms with Crippen LogP contribution >= 0.6 is 0 Å². The number of nitrogens with zero attached hydrogens (tertiary/aromatic N) is 1. The van der Waals surface area contributed by atoms with E-state index in [0.717, 1.165) is 5.56 Å². The molecule has 32 heavy (non-hydrogen) atoms. The molecule has 0 unspecified atom stereocenters. The highest BCUT2D eigenvalue weighted by atomic mass is 32.2. The van der Waals surface area contributed by atoms with Crippen molar-refractivity contribution in [2.45, 2.75) is 37.6 Å². The predicted molar refractivity (Wildman–Crippen MR) is 122 cm³/mol. The number of rotatable bonds is 7. The molecule has 0 saturated carbocycles. The zero-order valence-electron chi connectivity index (χ0n) is 18.5. The Labute approximate surface area is 189 Å². The molecule has 0 aliphatic carbocycles. The van der Waals surface area contributed by atoms with Gasteiger partial charge in [0.05, 0.1) is 12.0 Å². The molecular weight excluding hydrogens is 430 g/mol. The van der Waals surface area contributed by atoms with Gasteiger partial charge in [0.1, 0.15) is 11.8 Å². The van der Waals surface area contributed by atoms with Crippen LogP contribution in [0.4, 0.5) is 5.69 Å². The number of amides is 2. The van der Waals surface area contributed by atoms with Crippen molar-refractivity contribution < 1.29 is 22.7 Å². The fourth-order valence-electron chi connectivity index (χ4n) is 3.54. The monoisotopic (exact) mass is 459 g/mol. The first-order valence-corrected chi connectivity index (χ1v) is 12.0. The average molecular weight is 460 g/mol. The van der Waals surface area contributed by atoms with Crippen molar-refractivity contribution in [3.63, 3.8) is 0 Å². The van der Waals surface area contributed by atoms with E-state index in [4.69, 9.17) is 4.74 Å². The van der Waals surface area contributed by atoms with Crippen molar-refractivity contribution >= 4 is 27.5 Å². The van der Waals surface area contributed by atoms with Crippen molar-refractivity contribution in [3.05, 3.63) is 54.1 Å². The fraction of sp³-hybridized carbons (Fsp3) is 0.391. The normalized spacial score (nSPS) is 16.2. The maximum atomic E-state index is 12.8. The van der Waals surface area contributed by atoms with Gasteiger partial charge in [-0.3, -0.25) is 9.59 Å². The molecule has 8 nitrogen and oxygen atoms in total. The Morgan fingerprint density at radius 3 is 2.19 bits per heavy atom. The van der Waals surface area contributed by atoms with Gasteiger partial charge in [-0.15, -0.1) is 0 Å². The molecule has 2 aromatic carbocycles. The molecule has 1 atom stereocenters. The molecule has 1 aliphatic heterocycles. The van der Waals surface area contributed by atoms with Crippen molar-refractivity contribution in [1.29, 1.82) is 0 Å². The van der Waals surface area contributed by atoms with Gasteiger partial charge >= 0.3 is 0 Å². The molecule has 2 amide bonds. The molecule has 1 fully saturated rings. The van der Waals surface area contributed by atoms with Crippen LogP contribution in [0.15, 0.2) is 53.4 Å². The smallest absolute Gasteiger partial charge is 0.246 e. The van der Waals surface area contributed by atoms with Gasteiger partial charge in [-0.2, -0.15) is 4.31 Å². The summed E-state index contributed by atoms with van der Waals surface area (Å²) in [6.07, 6.45) is 0.813. The first kappa shape index (κ1) is 23.7. The minimum Gasteiger partial charge on any atom is -0.497 e. The van der Waals surface area contributed by atoms with Crippen LogP contribution in [0.1, 0.15) is 25.3 Å². The Hall–Kier alpha value is -2.91. The quantitative estimate of drug-likeness (QED) is 0.662. The Bertz CT molecular complexity index is 1040. The first-order chi connectivity index (χ1) is 15.2. The molecule has 1 aliphatic rings. The summed E-state index contributed by atoms with van der Waals surface area (Å²) < 4.78 is 32.1. The van der Waals surface area contributed by atoms with Gasteiger partial charge in [0.15, 0.2) is 0 Å². The second-order valence-electron chi connectivity index (χ2n) is 7.94. The molecule has 1 saturated heterocycles. The number of nitrogens with one attached hydrogen (secondary N) is 2. The summed E-state index contributed by atoms with van der Waals surface area (Å²) in [4.78, 5) is 25.3. The summed E-state index contributed by atoms with van der Waals surface area (Å²) in [6.45, 7) is 4.05. The molecule has 2 aromatic rings. The third kappa shape index (κ3) is 5.66. The second kappa shape index (κ2) is 10.1. The van der Waals surface area contributed by atoms with Crippen molar-refractivity contribution in [2.24, 2.45) is 5.92 Å². The maximum absolute atomic E-state index is 12.8. The highest BCUT2D eigenvalue weighted by Crippen LogP contribution is 2.24. The highest BCUT2D eigenvalue weighted by Gasteiger charge is 2.32. The lowest BCUT2D eigenvalue weighted by molar-refractivity contribution is -0.129. The molecule has 0 aromatic heterocycles. The first-order valence-electron chi connectivity index (χ1n) is 10.5. The number of piperidine rings is 1. The van der Waals surface area contributed by atoms with Gasteiger partial charge in [-0.1, -0.05) is 17.7 Å². The third-order valence-electron chi connectivity index (χ3n) is 5.59. The van der Waals surface area contributed by atoms with Crippen LogP contribution in [-0.2, 0) is 19.6 Å². The summed E-state index contributed by atoms with van der Waals surface area (Å²) >= 11 is 0. The van der Waals surface area contributed by atoms with E-state index in [1.54, 1.807) is 62.6 Å². The van der Waals surface area contributed by atoms with Crippen LogP contribution in [0.3, 0.4) is 0 Å². The van der Waals surface area contributed by atoms with Gasteiger partial charge in [-0.25, -0.2) is 8.42 Å².